The van der Waals surface area contributed by atoms with E-state index in [1.807, 2.05) is 19.1 Å². The smallest absolute Gasteiger partial charge is 0.125 e. The van der Waals surface area contributed by atoms with Crippen molar-refractivity contribution in [3.8, 4) is 5.75 Å². The molecule has 2 atom stereocenters. The van der Waals surface area contributed by atoms with Crippen molar-refractivity contribution < 1.29 is 9.47 Å². The molecule has 0 radical (unpaired) electrons. The van der Waals surface area contributed by atoms with Crippen LogP contribution in [0, 0.1) is 5.92 Å². The van der Waals surface area contributed by atoms with Gasteiger partial charge in [0.2, 0.25) is 0 Å². The molecule has 1 aliphatic rings. The number of hydrogen-bond donors (Lipinski definition) is 1. The summed E-state index contributed by atoms with van der Waals surface area (Å²) in [6, 6.07) is 8.20. The molecule has 20 heavy (non-hydrogen) atoms. The Morgan fingerprint density at radius 1 is 1.40 bits per heavy atom. The maximum absolute atomic E-state index is 6.42. The van der Waals surface area contributed by atoms with Gasteiger partial charge in [-0.15, -0.1) is 0 Å². The van der Waals surface area contributed by atoms with Gasteiger partial charge in [-0.3, -0.25) is 0 Å². The normalized spacial score (nSPS) is 26.8. The highest BCUT2D eigenvalue weighted by Crippen LogP contribution is 2.35. The Morgan fingerprint density at radius 2 is 2.15 bits per heavy atom. The van der Waals surface area contributed by atoms with Crippen molar-refractivity contribution in [2.75, 3.05) is 19.7 Å². The van der Waals surface area contributed by atoms with E-state index in [9.17, 15) is 0 Å². The molecular weight excluding hydrogens is 250 g/mol. The zero-order valence-electron chi connectivity index (χ0n) is 13.1. The highest BCUT2D eigenvalue weighted by molar-refractivity contribution is 5.35. The molecule has 0 spiro atoms. The number of ether oxygens (including phenoxy) is 2. The van der Waals surface area contributed by atoms with E-state index in [1.54, 1.807) is 0 Å². The number of para-hydroxylation sites is 1. The van der Waals surface area contributed by atoms with Crippen LogP contribution in [0.25, 0.3) is 0 Å². The minimum absolute atomic E-state index is 0.0650. The molecule has 2 rings (SSSR count). The van der Waals surface area contributed by atoms with Gasteiger partial charge in [-0.1, -0.05) is 32.0 Å². The van der Waals surface area contributed by atoms with Crippen LogP contribution in [0.15, 0.2) is 24.3 Å². The van der Waals surface area contributed by atoms with E-state index < -0.39 is 0 Å². The molecule has 0 bridgehead atoms. The summed E-state index contributed by atoms with van der Waals surface area (Å²) in [6.07, 6.45) is 1.13. The lowest BCUT2D eigenvalue weighted by Crippen LogP contribution is -2.49. The summed E-state index contributed by atoms with van der Waals surface area (Å²) in [5.74, 6) is 1.57. The third kappa shape index (κ3) is 3.74. The predicted molar refractivity (Wildman–Crippen MR) is 82.2 cm³/mol. The Morgan fingerprint density at radius 3 is 2.85 bits per heavy atom. The van der Waals surface area contributed by atoms with Gasteiger partial charge >= 0.3 is 0 Å². The monoisotopic (exact) mass is 277 g/mol. The van der Waals surface area contributed by atoms with E-state index in [-0.39, 0.29) is 11.7 Å². The molecule has 0 aliphatic carbocycles. The Bertz CT molecular complexity index is 433. The average molecular weight is 277 g/mol. The first-order valence-corrected chi connectivity index (χ1v) is 7.64. The molecule has 1 fully saturated rings. The van der Waals surface area contributed by atoms with E-state index in [4.69, 9.17) is 9.47 Å². The van der Waals surface area contributed by atoms with Crippen LogP contribution in [0.5, 0.6) is 5.75 Å². The van der Waals surface area contributed by atoms with Gasteiger partial charge in [0, 0.05) is 18.7 Å². The van der Waals surface area contributed by atoms with Crippen molar-refractivity contribution in [1.29, 1.82) is 0 Å². The summed E-state index contributed by atoms with van der Waals surface area (Å²) in [4.78, 5) is 0. The lowest BCUT2D eigenvalue weighted by atomic mass is 9.91. The fourth-order valence-electron chi connectivity index (χ4n) is 3.09. The second kappa shape index (κ2) is 6.59. The van der Waals surface area contributed by atoms with E-state index in [2.05, 4.69) is 38.2 Å². The Kier molecular flexibility index (Phi) is 5.06. The summed E-state index contributed by atoms with van der Waals surface area (Å²) in [5.41, 5.74) is 1.05. The summed E-state index contributed by atoms with van der Waals surface area (Å²) in [6.45, 7) is 11.1. The van der Waals surface area contributed by atoms with E-state index in [1.165, 1.54) is 0 Å². The van der Waals surface area contributed by atoms with Crippen molar-refractivity contribution in [3.63, 3.8) is 0 Å². The topological polar surface area (TPSA) is 30.5 Å². The Hall–Kier alpha value is -1.06. The van der Waals surface area contributed by atoms with Crippen LogP contribution in [-0.2, 0) is 4.74 Å². The van der Waals surface area contributed by atoms with E-state index in [0.717, 1.165) is 30.8 Å². The largest absolute Gasteiger partial charge is 0.493 e. The minimum Gasteiger partial charge on any atom is -0.493 e. The molecule has 3 heteroatoms. The molecule has 1 aromatic carbocycles. The van der Waals surface area contributed by atoms with E-state index in [0.29, 0.717) is 12.5 Å². The van der Waals surface area contributed by atoms with Crippen LogP contribution in [-0.4, -0.2) is 25.3 Å². The molecule has 1 N–H and O–H groups in total. The molecule has 1 heterocycles. The zero-order chi connectivity index (χ0) is 14.6. The molecule has 1 aromatic rings. The Balaban J connectivity index is 2.16. The van der Waals surface area contributed by atoms with Gasteiger partial charge in [0.1, 0.15) is 5.75 Å². The van der Waals surface area contributed by atoms with Crippen molar-refractivity contribution in [2.24, 2.45) is 5.92 Å². The fraction of sp³-hybridized carbons (Fsp3) is 0.647. The summed E-state index contributed by atoms with van der Waals surface area (Å²) >= 11 is 0. The summed E-state index contributed by atoms with van der Waals surface area (Å²) in [7, 11) is 0. The molecule has 0 saturated carbocycles. The van der Waals surface area contributed by atoms with Crippen molar-refractivity contribution in [2.45, 2.75) is 45.8 Å². The van der Waals surface area contributed by atoms with Crippen molar-refractivity contribution >= 4 is 0 Å². The van der Waals surface area contributed by atoms with Gasteiger partial charge in [-0.25, -0.2) is 0 Å². The average Bonchev–Trinajstić information content (AvgIpc) is 2.38. The highest BCUT2D eigenvalue weighted by atomic mass is 16.5. The van der Waals surface area contributed by atoms with Crippen molar-refractivity contribution in [3.05, 3.63) is 29.8 Å². The van der Waals surface area contributed by atoms with Gasteiger partial charge in [0.25, 0.3) is 0 Å². The number of rotatable bonds is 5. The summed E-state index contributed by atoms with van der Waals surface area (Å²) < 4.78 is 12.1. The second-order valence-electron chi connectivity index (χ2n) is 6.26. The molecular formula is C17H27NO2. The molecule has 1 saturated heterocycles. The zero-order valence-corrected chi connectivity index (χ0v) is 13.1. The molecule has 0 amide bonds. The molecule has 112 valence electrons. The maximum Gasteiger partial charge on any atom is 0.125 e. The SMILES string of the molecule is CCOc1ccccc1C1CNCC(C)(CC(C)C)O1. The third-order valence-electron chi connectivity index (χ3n) is 3.66. The van der Waals surface area contributed by atoms with Crippen LogP contribution in [0.2, 0.25) is 0 Å². The van der Waals surface area contributed by atoms with Gasteiger partial charge < -0.3 is 14.8 Å². The van der Waals surface area contributed by atoms with Crippen LogP contribution < -0.4 is 10.1 Å². The highest BCUT2D eigenvalue weighted by Gasteiger charge is 2.34. The van der Waals surface area contributed by atoms with Crippen LogP contribution in [0.1, 0.15) is 45.8 Å². The Labute approximate surface area is 122 Å². The summed E-state index contributed by atoms with van der Waals surface area (Å²) in [5, 5.41) is 3.52. The van der Waals surface area contributed by atoms with Gasteiger partial charge in [-0.05, 0) is 32.3 Å². The standard InChI is InChI=1S/C17H27NO2/c1-5-19-15-9-7-6-8-14(15)16-11-18-12-17(4,20-16)10-13(2)3/h6-9,13,16,18H,5,10-12H2,1-4H3. The molecule has 0 aromatic heterocycles. The quantitative estimate of drug-likeness (QED) is 0.893. The number of benzene rings is 1. The lowest BCUT2D eigenvalue weighted by molar-refractivity contribution is -0.117. The molecule has 2 unspecified atom stereocenters. The molecule has 3 nitrogen and oxygen atoms in total. The number of nitrogens with one attached hydrogen (secondary N) is 1. The second-order valence-corrected chi connectivity index (χ2v) is 6.26. The predicted octanol–water partition coefficient (Wildman–Crippen LogP) is 3.55. The van der Waals surface area contributed by atoms with Gasteiger partial charge in [0.05, 0.1) is 18.3 Å². The number of hydrogen-bond acceptors (Lipinski definition) is 3. The van der Waals surface area contributed by atoms with Crippen LogP contribution in [0.3, 0.4) is 0 Å². The third-order valence-corrected chi connectivity index (χ3v) is 3.66. The first-order valence-electron chi connectivity index (χ1n) is 7.64. The van der Waals surface area contributed by atoms with Gasteiger partial charge in [-0.2, -0.15) is 0 Å². The van der Waals surface area contributed by atoms with Crippen LogP contribution >= 0.6 is 0 Å². The van der Waals surface area contributed by atoms with Gasteiger partial charge in [0.15, 0.2) is 0 Å². The fourth-order valence-corrected chi connectivity index (χ4v) is 3.09. The first kappa shape index (κ1) is 15.3. The lowest BCUT2D eigenvalue weighted by Gasteiger charge is -2.40. The van der Waals surface area contributed by atoms with Crippen molar-refractivity contribution in [1.82, 2.24) is 5.32 Å². The van der Waals surface area contributed by atoms with E-state index >= 15 is 0 Å². The minimum atomic E-state index is -0.101. The molecule has 1 aliphatic heterocycles. The number of morpholine rings is 1. The first-order chi connectivity index (χ1) is 9.54. The van der Waals surface area contributed by atoms with Crippen LogP contribution in [0.4, 0.5) is 0 Å². The maximum atomic E-state index is 6.42.